The molecule has 0 radical (unpaired) electrons. The Morgan fingerprint density at radius 1 is 0.702 bits per heavy atom. The number of phenolic OH excluding ortho intramolecular Hbond substituents is 2. The number of rotatable bonds is 15. The fourth-order valence-electron chi connectivity index (χ4n) is 4.90. The molecule has 0 aliphatic carbocycles. The van der Waals surface area contributed by atoms with Gasteiger partial charge in [0.1, 0.15) is 28.6 Å². The van der Waals surface area contributed by atoms with Crippen LogP contribution in [-0.2, 0) is 31.8 Å². The fourth-order valence-corrected chi connectivity index (χ4v) is 4.90. The van der Waals surface area contributed by atoms with E-state index < -0.39 is 11.3 Å². The summed E-state index contributed by atoms with van der Waals surface area (Å²) >= 11 is 0. The summed E-state index contributed by atoms with van der Waals surface area (Å²) in [5.74, 6) is 0.490. The second kappa shape index (κ2) is 18.6. The molecule has 0 fully saturated rings. The number of aldehydes is 1. The highest BCUT2D eigenvalue weighted by molar-refractivity contribution is 6.01. The standard InChI is InChI=1S/C17H20O7.C16H20O6.CH4/c1-10-11(4-5-23-7-6-21-2)17(20)24-16-12(9-18)13(19)8-14(22-3)15(10)16;1-10-12(4-5-21-7-6-19-2)16(18)22-14-9-11(17)8-13(20-3)15(10)14;/h8-9,19H,4-7H2,1-3H3;8-9,17H,4-7H2,1-3H3;1H4. The molecule has 2 aromatic heterocycles. The van der Waals surface area contributed by atoms with E-state index in [2.05, 4.69) is 0 Å². The average molecular weight is 661 g/mol. The largest absolute Gasteiger partial charge is 0.508 e. The highest BCUT2D eigenvalue weighted by atomic mass is 16.5. The Bertz CT molecular complexity index is 1750. The summed E-state index contributed by atoms with van der Waals surface area (Å²) in [7, 11) is 6.13. The molecule has 0 atom stereocenters. The summed E-state index contributed by atoms with van der Waals surface area (Å²) in [5, 5.41) is 20.7. The van der Waals surface area contributed by atoms with E-state index in [9.17, 15) is 24.6 Å². The zero-order valence-corrected chi connectivity index (χ0v) is 26.9. The summed E-state index contributed by atoms with van der Waals surface area (Å²) in [5.41, 5.74) is 1.68. The lowest BCUT2D eigenvalue weighted by Crippen LogP contribution is -2.15. The van der Waals surface area contributed by atoms with Gasteiger partial charge in [-0.2, -0.15) is 0 Å². The number of aryl methyl sites for hydroxylation is 2. The van der Waals surface area contributed by atoms with Crippen molar-refractivity contribution in [2.24, 2.45) is 0 Å². The van der Waals surface area contributed by atoms with E-state index in [1.165, 1.54) is 32.4 Å². The minimum atomic E-state index is -0.564. The third-order valence-electron chi connectivity index (χ3n) is 7.27. The van der Waals surface area contributed by atoms with Crippen LogP contribution in [0.1, 0.15) is 40.0 Å². The van der Waals surface area contributed by atoms with E-state index in [-0.39, 0.29) is 30.1 Å². The van der Waals surface area contributed by atoms with E-state index in [1.54, 1.807) is 21.1 Å². The monoisotopic (exact) mass is 660 g/mol. The van der Waals surface area contributed by atoms with Crippen LogP contribution in [0.25, 0.3) is 21.9 Å². The molecule has 0 aliphatic rings. The van der Waals surface area contributed by atoms with Gasteiger partial charge in [-0.1, -0.05) is 7.43 Å². The van der Waals surface area contributed by atoms with Crippen molar-refractivity contribution < 1.29 is 52.3 Å². The Balaban J connectivity index is 0.000000321. The first kappa shape index (κ1) is 38.8. The number of fused-ring (bicyclic) bond motifs is 2. The van der Waals surface area contributed by atoms with Crippen molar-refractivity contribution >= 4 is 28.2 Å². The molecule has 0 amide bonds. The number of benzene rings is 2. The van der Waals surface area contributed by atoms with E-state index in [4.69, 9.17) is 37.3 Å². The highest BCUT2D eigenvalue weighted by Crippen LogP contribution is 2.36. The number of carbonyl (C=O) groups is 1. The second-order valence-electron chi connectivity index (χ2n) is 10.1. The quantitative estimate of drug-likeness (QED) is 0.104. The van der Waals surface area contributed by atoms with Crippen LogP contribution in [0.4, 0.5) is 0 Å². The topological polar surface area (TPSA) is 173 Å². The average Bonchev–Trinajstić information content (AvgIpc) is 3.02. The van der Waals surface area contributed by atoms with Crippen LogP contribution < -0.4 is 20.7 Å². The summed E-state index contributed by atoms with van der Waals surface area (Å²) in [6, 6.07) is 4.23. The fraction of sp³-hybridized carbons (Fsp3) is 0.441. The van der Waals surface area contributed by atoms with Gasteiger partial charge in [-0.3, -0.25) is 4.79 Å². The predicted molar refractivity (Wildman–Crippen MR) is 176 cm³/mol. The van der Waals surface area contributed by atoms with Crippen molar-refractivity contribution in [3.8, 4) is 23.0 Å². The predicted octanol–water partition coefficient (Wildman–Crippen LogP) is 4.49. The molecule has 0 unspecified atom stereocenters. The molecule has 4 rings (SSSR count). The van der Waals surface area contributed by atoms with Gasteiger partial charge in [0.25, 0.3) is 0 Å². The molecule has 0 saturated carbocycles. The van der Waals surface area contributed by atoms with Crippen molar-refractivity contribution in [3.05, 3.63) is 66.9 Å². The van der Waals surface area contributed by atoms with Gasteiger partial charge < -0.3 is 47.5 Å². The van der Waals surface area contributed by atoms with Crippen LogP contribution >= 0.6 is 0 Å². The van der Waals surface area contributed by atoms with Crippen molar-refractivity contribution in [1.29, 1.82) is 0 Å². The Morgan fingerprint density at radius 2 is 1.21 bits per heavy atom. The number of methoxy groups -OCH3 is 4. The molecular weight excluding hydrogens is 616 g/mol. The van der Waals surface area contributed by atoms with Gasteiger partial charge in [0, 0.05) is 56.4 Å². The lowest BCUT2D eigenvalue weighted by Gasteiger charge is -2.13. The lowest BCUT2D eigenvalue weighted by atomic mass is 10.0. The maximum absolute atomic E-state index is 12.3. The molecular formula is C34H44O13. The molecule has 13 heteroatoms. The molecule has 0 spiro atoms. The summed E-state index contributed by atoms with van der Waals surface area (Å²) in [6.45, 7) is 6.22. The van der Waals surface area contributed by atoms with Crippen molar-refractivity contribution in [2.75, 3.05) is 68.1 Å². The van der Waals surface area contributed by atoms with Crippen molar-refractivity contribution in [2.45, 2.75) is 34.1 Å². The SMILES string of the molecule is C.COCCOCCc1c(C)c2c(OC)cc(O)c(C=O)c2oc1=O.COCCOCCc1c(C)c2c(OC)cc(O)cc2oc1=O. The second-order valence-corrected chi connectivity index (χ2v) is 10.1. The first-order valence-electron chi connectivity index (χ1n) is 14.4. The third kappa shape index (κ3) is 9.32. The van der Waals surface area contributed by atoms with Crippen molar-refractivity contribution in [1.82, 2.24) is 0 Å². The summed E-state index contributed by atoms with van der Waals surface area (Å²) < 4.78 is 41.7. The summed E-state index contributed by atoms with van der Waals surface area (Å²) in [4.78, 5) is 35.6. The molecule has 0 aliphatic heterocycles. The first-order chi connectivity index (χ1) is 22.1. The molecule has 258 valence electrons. The van der Waals surface area contributed by atoms with Gasteiger partial charge in [-0.05, 0) is 25.0 Å². The molecule has 0 saturated heterocycles. The molecule has 2 aromatic carbocycles. The Hall–Kier alpha value is -4.43. The number of ether oxygens (including phenoxy) is 6. The molecule has 47 heavy (non-hydrogen) atoms. The maximum atomic E-state index is 12.3. The van der Waals surface area contributed by atoms with Gasteiger partial charge in [-0.25, -0.2) is 9.59 Å². The first-order valence-corrected chi connectivity index (χ1v) is 14.4. The van der Waals surface area contributed by atoms with E-state index in [0.717, 1.165) is 5.56 Å². The minimum Gasteiger partial charge on any atom is -0.508 e. The normalized spacial score (nSPS) is 10.8. The molecule has 0 bridgehead atoms. The van der Waals surface area contributed by atoms with Gasteiger partial charge in [0.15, 0.2) is 11.9 Å². The zero-order chi connectivity index (χ0) is 33.8. The number of hydrogen-bond donors (Lipinski definition) is 2. The number of carbonyl (C=O) groups excluding carboxylic acids is 1. The maximum Gasteiger partial charge on any atom is 0.339 e. The van der Waals surface area contributed by atoms with Crippen LogP contribution in [0.3, 0.4) is 0 Å². The number of aromatic hydroxyl groups is 2. The van der Waals surface area contributed by atoms with Crippen LogP contribution in [-0.4, -0.2) is 84.6 Å². The Kier molecular flexibility index (Phi) is 15.4. The lowest BCUT2D eigenvalue weighted by molar-refractivity contribution is 0.0720. The molecule has 4 aromatic rings. The number of hydrogen-bond acceptors (Lipinski definition) is 13. The zero-order valence-electron chi connectivity index (χ0n) is 26.9. The third-order valence-corrected chi connectivity index (χ3v) is 7.27. The van der Waals surface area contributed by atoms with E-state index in [0.29, 0.717) is 103 Å². The number of phenols is 2. The van der Waals surface area contributed by atoms with Gasteiger partial charge in [0.05, 0.1) is 70.2 Å². The minimum absolute atomic E-state index is 0. The van der Waals surface area contributed by atoms with Crippen LogP contribution in [0.15, 0.2) is 36.6 Å². The van der Waals surface area contributed by atoms with Crippen LogP contribution in [0, 0.1) is 13.8 Å². The van der Waals surface area contributed by atoms with Crippen LogP contribution in [0.5, 0.6) is 23.0 Å². The van der Waals surface area contributed by atoms with E-state index in [1.807, 2.05) is 6.92 Å². The molecule has 13 nitrogen and oxygen atoms in total. The van der Waals surface area contributed by atoms with Gasteiger partial charge >= 0.3 is 11.3 Å². The Labute approximate surface area is 272 Å². The Morgan fingerprint density at radius 3 is 1.72 bits per heavy atom. The van der Waals surface area contributed by atoms with Crippen LogP contribution in [0.2, 0.25) is 0 Å². The van der Waals surface area contributed by atoms with Gasteiger partial charge in [0.2, 0.25) is 0 Å². The smallest absolute Gasteiger partial charge is 0.339 e. The summed E-state index contributed by atoms with van der Waals surface area (Å²) in [6.07, 6.45) is 1.25. The van der Waals surface area contributed by atoms with Gasteiger partial charge in [-0.15, -0.1) is 0 Å². The molecule has 2 N–H and O–H groups in total. The van der Waals surface area contributed by atoms with Crippen molar-refractivity contribution in [3.63, 3.8) is 0 Å². The highest BCUT2D eigenvalue weighted by Gasteiger charge is 2.21. The van der Waals surface area contributed by atoms with E-state index >= 15 is 0 Å². The molecule has 2 heterocycles.